The molecule has 2 atom stereocenters. The fourth-order valence-corrected chi connectivity index (χ4v) is 1.68. The number of aliphatic hydroxyl groups excluding tert-OH is 2. The van der Waals surface area contributed by atoms with E-state index in [0.29, 0.717) is 17.3 Å². The smallest absolute Gasteiger partial charge is 0.226 e. The van der Waals surface area contributed by atoms with E-state index < -0.39 is 12.2 Å². The lowest BCUT2D eigenvalue weighted by Gasteiger charge is -2.15. The molecule has 0 saturated carbocycles. The Bertz CT molecular complexity index is 433. The Kier molecular flexibility index (Phi) is 2.73. The lowest BCUT2D eigenvalue weighted by molar-refractivity contribution is 0.0572. The first-order chi connectivity index (χ1) is 7.60. The number of hydrogen-bond acceptors (Lipinski definition) is 6. The van der Waals surface area contributed by atoms with E-state index in [0.717, 1.165) is 0 Å². The third-order valence-electron chi connectivity index (χ3n) is 2.50. The van der Waals surface area contributed by atoms with Gasteiger partial charge in [-0.25, -0.2) is 9.97 Å². The Morgan fingerprint density at radius 3 is 2.56 bits per heavy atom. The highest BCUT2D eigenvalue weighted by Crippen LogP contribution is 2.17. The molecule has 1 aromatic heterocycles. The molecule has 0 bridgehead atoms. The summed E-state index contributed by atoms with van der Waals surface area (Å²) in [6.07, 6.45) is -1.57. The van der Waals surface area contributed by atoms with Crippen LogP contribution < -0.4 is 4.90 Å². The Balaban J connectivity index is 2.28. The number of anilines is 1. The van der Waals surface area contributed by atoms with Crippen molar-refractivity contribution in [1.29, 1.82) is 5.26 Å². The Hall–Kier alpha value is -1.71. The number of aromatic nitrogens is 2. The summed E-state index contributed by atoms with van der Waals surface area (Å²) in [4.78, 5) is 9.88. The highest BCUT2D eigenvalue weighted by Gasteiger charge is 2.31. The molecule has 2 N–H and O–H groups in total. The molecule has 0 aliphatic carbocycles. The van der Waals surface area contributed by atoms with Crippen LogP contribution in [0.25, 0.3) is 0 Å². The maximum Gasteiger partial charge on any atom is 0.226 e. The van der Waals surface area contributed by atoms with Gasteiger partial charge in [-0.05, 0) is 13.0 Å². The van der Waals surface area contributed by atoms with Gasteiger partial charge in [0.25, 0.3) is 0 Å². The molecular weight excluding hydrogens is 208 g/mol. The fourth-order valence-electron chi connectivity index (χ4n) is 1.68. The van der Waals surface area contributed by atoms with Crippen molar-refractivity contribution >= 4 is 5.95 Å². The minimum absolute atomic E-state index is 0.287. The van der Waals surface area contributed by atoms with E-state index in [2.05, 4.69) is 9.97 Å². The van der Waals surface area contributed by atoms with E-state index in [1.165, 1.54) is 0 Å². The second-order valence-electron chi connectivity index (χ2n) is 3.85. The van der Waals surface area contributed by atoms with E-state index in [9.17, 15) is 10.2 Å². The molecule has 2 heterocycles. The average Bonchev–Trinajstić information content (AvgIpc) is 2.58. The summed E-state index contributed by atoms with van der Waals surface area (Å²) in [5.74, 6) is 0.382. The first-order valence-corrected chi connectivity index (χ1v) is 4.97. The van der Waals surface area contributed by atoms with E-state index in [4.69, 9.17) is 5.26 Å². The van der Waals surface area contributed by atoms with E-state index in [-0.39, 0.29) is 13.1 Å². The zero-order valence-corrected chi connectivity index (χ0v) is 8.83. The molecule has 1 aliphatic heterocycles. The molecule has 84 valence electrons. The third kappa shape index (κ3) is 1.96. The third-order valence-corrected chi connectivity index (χ3v) is 2.50. The van der Waals surface area contributed by atoms with Crippen molar-refractivity contribution in [2.24, 2.45) is 0 Å². The van der Waals surface area contributed by atoms with Gasteiger partial charge in [-0.3, -0.25) is 0 Å². The minimum Gasteiger partial charge on any atom is -0.388 e. The van der Waals surface area contributed by atoms with Crippen LogP contribution in [0.15, 0.2) is 6.07 Å². The molecule has 1 fully saturated rings. The van der Waals surface area contributed by atoms with Crippen molar-refractivity contribution in [2.45, 2.75) is 19.1 Å². The largest absolute Gasteiger partial charge is 0.388 e. The van der Waals surface area contributed by atoms with Crippen LogP contribution in [0.1, 0.15) is 11.4 Å². The van der Waals surface area contributed by atoms with Gasteiger partial charge >= 0.3 is 0 Å². The first-order valence-electron chi connectivity index (χ1n) is 4.97. The molecular formula is C10H12N4O2. The fraction of sp³-hybridized carbons (Fsp3) is 0.500. The minimum atomic E-state index is -0.783. The lowest BCUT2D eigenvalue weighted by Crippen LogP contribution is -2.24. The monoisotopic (exact) mass is 220 g/mol. The summed E-state index contributed by atoms with van der Waals surface area (Å²) in [5.41, 5.74) is 0.982. The topological polar surface area (TPSA) is 93.3 Å². The zero-order valence-electron chi connectivity index (χ0n) is 8.83. The number of β-amino-alcohol motifs (C(OH)–C–C–N with tert-alkyl or cyclic N) is 2. The van der Waals surface area contributed by atoms with Gasteiger partial charge in [0, 0.05) is 18.8 Å². The van der Waals surface area contributed by atoms with Crippen molar-refractivity contribution in [2.75, 3.05) is 18.0 Å². The molecule has 0 radical (unpaired) electrons. The molecule has 0 spiro atoms. The Morgan fingerprint density at radius 1 is 1.38 bits per heavy atom. The predicted octanol–water partition coefficient (Wildman–Crippen LogP) is -0.802. The molecule has 16 heavy (non-hydrogen) atoms. The molecule has 6 heteroatoms. The van der Waals surface area contributed by atoms with Crippen molar-refractivity contribution in [1.82, 2.24) is 9.97 Å². The predicted molar refractivity (Wildman–Crippen MR) is 55.7 cm³/mol. The molecule has 1 saturated heterocycles. The highest BCUT2D eigenvalue weighted by molar-refractivity contribution is 5.37. The van der Waals surface area contributed by atoms with Crippen LogP contribution in [0.2, 0.25) is 0 Å². The number of aliphatic hydroxyl groups is 2. The number of nitriles is 1. The van der Waals surface area contributed by atoms with E-state index in [1.54, 1.807) is 17.9 Å². The van der Waals surface area contributed by atoms with Crippen LogP contribution in [-0.4, -0.2) is 45.5 Å². The SMILES string of the molecule is Cc1cc(C#N)nc(N2CC(O)C(O)C2)n1. The summed E-state index contributed by atoms with van der Waals surface area (Å²) < 4.78 is 0. The highest BCUT2D eigenvalue weighted by atomic mass is 16.3. The van der Waals surface area contributed by atoms with Crippen molar-refractivity contribution in [3.05, 3.63) is 17.5 Å². The van der Waals surface area contributed by atoms with Crippen LogP contribution in [0.3, 0.4) is 0 Å². The summed E-state index contributed by atoms with van der Waals surface area (Å²) in [5, 5.41) is 27.6. The number of hydrogen-bond donors (Lipinski definition) is 2. The maximum absolute atomic E-state index is 9.41. The number of aryl methyl sites for hydroxylation is 1. The van der Waals surface area contributed by atoms with Gasteiger partial charge in [0.15, 0.2) is 0 Å². The molecule has 0 amide bonds. The van der Waals surface area contributed by atoms with Crippen molar-refractivity contribution in [3.63, 3.8) is 0 Å². The maximum atomic E-state index is 9.41. The Labute approximate surface area is 92.8 Å². The number of nitrogens with zero attached hydrogens (tertiary/aromatic N) is 4. The second-order valence-corrected chi connectivity index (χ2v) is 3.85. The summed E-state index contributed by atoms with van der Waals surface area (Å²) in [7, 11) is 0. The van der Waals surface area contributed by atoms with Gasteiger partial charge in [-0.2, -0.15) is 5.26 Å². The number of rotatable bonds is 1. The van der Waals surface area contributed by atoms with Gasteiger partial charge in [0.1, 0.15) is 11.8 Å². The molecule has 1 aliphatic rings. The van der Waals surface area contributed by atoms with Gasteiger partial charge in [0.05, 0.1) is 12.2 Å². The second kappa shape index (κ2) is 4.04. The molecule has 1 aromatic rings. The summed E-state index contributed by atoms with van der Waals surface area (Å²) in [6.45, 7) is 2.35. The van der Waals surface area contributed by atoms with Crippen LogP contribution >= 0.6 is 0 Å². The molecule has 2 rings (SSSR count). The average molecular weight is 220 g/mol. The van der Waals surface area contributed by atoms with Crippen molar-refractivity contribution in [3.8, 4) is 6.07 Å². The first kappa shape index (κ1) is 10.8. The van der Waals surface area contributed by atoms with E-state index >= 15 is 0 Å². The molecule has 2 unspecified atom stereocenters. The normalized spacial score (nSPS) is 24.5. The van der Waals surface area contributed by atoms with Gasteiger partial charge in [-0.1, -0.05) is 0 Å². The Morgan fingerprint density at radius 2 is 2.00 bits per heavy atom. The van der Waals surface area contributed by atoms with Crippen LogP contribution in [0.4, 0.5) is 5.95 Å². The molecule has 6 nitrogen and oxygen atoms in total. The van der Waals surface area contributed by atoms with Crippen molar-refractivity contribution < 1.29 is 10.2 Å². The summed E-state index contributed by atoms with van der Waals surface area (Å²) >= 11 is 0. The standard InChI is InChI=1S/C10H12N4O2/c1-6-2-7(3-11)13-10(12-6)14-4-8(15)9(16)5-14/h2,8-9,15-16H,4-5H2,1H3. The van der Waals surface area contributed by atoms with Gasteiger partial charge in [-0.15, -0.1) is 0 Å². The van der Waals surface area contributed by atoms with Crippen LogP contribution in [0, 0.1) is 18.3 Å². The van der Waals surface area contributed by atoms with Gasteiger partial charge < -0.3 is 15.1 Å². The van der Waals surface area contributed by atoms with Gasteiger partial charge in [0.2, 0.25) is 5.95 Å². The van der Waals surface area contributed by atoms with E-state index in [1.807, 2.05) is 6.07 Å². The molecule has 0 aromatic carbocycles. The zero-order chi connectivity index (χ0) is 11.7. The van der Waals surface area contributed by atoms with Crippen LogP contribution in [-0.2, 0) is 0 Å². The lowest BCUT2D eigenvalue weighted by atomic mass is 10.3. The summed E-state index contributed by atoms with van der Waals surface area (Å²) in [6, 6.07) is 3.54. The van der Waals surface area contributed by atoms with Crippen LogP contribution in [0.5, 0.6) is 0 Å². The quantitative estimate of drug-likeness (QED) is 0.643.